The molecule has 1 atom stereocenters. The van der Waals surface area contributed by atoms with Crippen molar-refractivity contribution in [2.45, 2.75) is 12.5 Å². The minimum absolute atomic E-state index is 0.0218. The fraction of sp³-hybridized carbons (Fsp3) is 0.208. The van der Waals surface area contributed by atoms with E-state index in [0.29, 0.717) is 23.5 Å². The Bertz CT molecular complexity index is 1160. The van der Waals surface area contributed by atoms with E-state index in [0.717, 1.165) is 11.6 Å². The van der Waals surface area contributed by atoms with Gasteiger partial charge in [0, 0.05) is 17.1 Å². The van der Waals surface area contributed by atoms with E-state index >= 15 is 4.39 Å². The molecule has 0 N–H and O–H groups in total. The Morgan fingerprint density at radius 3 is 2.22 bits per heavy atom. The molecule has 0 bridgehead atoms. The van der Waals surface area contributed by atoms with Gasteiger partial charge in [0.2, 0.25) is 0 Å². The van der Waals surface area contributed by atoms with Crippen LogP contribution in [0.5, 0.6) is 11.5 Å². The first-order valence-electron chi connectivity index (χ1n) is 9.81. The number of carbonyl (C=O) groups is 1. The number of carbonyl (C=O) groups excluding carboxylic acids is 1. The third-order valence-electron chi connectivity index (χ3n) is 5.58. The lowest BCUT2D eigenvalue weighted by Crippen LogP contribution is -2.41. The van der Waals surface area contributed by atoms with Crippen LogP contribution in [0.2, 0.25) is 10.0 Å². The molecule has 3 aromatic carbocycles. The molecular formula is C24H19Cl2F2NO3. The molecule has 3 aromatic rings. The van der Waals surface area contributed by atoms with Gasteiger partial charge in [0.25, 0.3) is 5.91 Å². The number of benzene rings is 3. The molecule has 0 radical (unpaired) electrons. The van der Waals surface area contributed by atoms with Crippen LogP contribution in [0.25, 0.3) is 0 Å². The molecule has 0 saturated carbocycles. The summed E-state index contributed by atoms with van der Waals surface area (Å²) in [5, 5.41) is 0.126. The summed E-state index contributed by atoms with van der Waals surface area (Å²) in [4.78, 5) is 14.9. The summed E-state index contributed by atoms with van der Waals surface area (Å²) in [6, 6.07) is 10.9. The number of halogens is 4. The fourth-order valence-corrected chi connectivity index (χ4v) is 4.60. The molecule has 0 unspecified atom stereocenters. The van der Waals surface area contributed by atoms with Crippen molar-refractivity contribution in [2.24, 2.45) is 0 Å². The Morgan fingerprint density at radius 2 is 1.59 bits per heavy atom. The Labute approximate surface area is 194 Å². The van der Waals surface area contributed by atoms with Crippen LogP contribution < -0.4 is 9.47 Å². The highest BCUT2D eigenvalue weighted by molar-refractivity contribution is 6.34. The summed E-state index contributed by atoms with van der Waals surface area (Å²) in [6.45, 7) is 0.196. The van der Waals surface area contributed by atoms with Gasteiger partial charge in [-0.1, -0.05) is 35.3 Å². The summed E-state index contributed by atoms with van der Waals surface area (Å²) in [5.41, 5.74) is 1.30. The quantitative estimate of drug-likeness (QED) is 0.457. The van der Waals surface area contributed by atoms with Crippen molar-refractivity contribution in [3.63, 3.8) is 0 Å². The minimum atomic E-state index is -0.921. The van der Waals surface area contributed by atoms with E-state index in [1.807, 2.05) is 0 Å². The fourth-order valence-electron chi connectivity index (χ4n) is 4.09. The Hall–Kier alpha value is -2.83. The molecular weight excluding hydrogens is 459 g/mol. The molecule has 1 heterocycles. The second kappa shape index (κ2) is 8.96. The molecule has 1 amide bonds. The number of fused-ring (bicyclic) bond motifs is 1. The molecule has 166 valence electrons. The highest BCUT2D eigenvalue weighted by Gasteiger charge is 2.37. The summed E-state index contributed by atoms with van der Waals surface area (Å²) < 4.78 is 40.5. The van der Waals surface area contributed by atoms with Crippen LogP contribution >= 0.6 is 23.2 Å². The standard InChI is InChI=1S/C24H19Cl2F2NO3/c1-31-19-11-13-9-10-29(24(30)22-16(26)6-4-8-18(22)28)23(14(13)12-20(19)32-2)21-15(25)5-3-7-17(21)27/h3-8,11-12,23H,9-10H2,1-2H3/t23-/m0/s1. The first-order valence-corrected chi connectivity index (χ1v) is 10.6. The van der Waals surface area contributed by atoms with Crippen molar-refractivity contribution in [3.8, 4) is 11.5 Å². The van der Waals surface area contributed by atoms with Crippen molar-refractivity contribution in [1.29, 1.82) is 0 Å². The van der Waals surface area contributed by atoms with E-state index in [4.69, 9.17) is 32.7 Å². The zero-order valence-corrected chi connectivity index (χ0v) is 18.8. The van der Waals surface area contributed by atoms with Gasteiger partial charge in [-0.2, -0.15) is 0 Å². The monoisotopic (exact) mass is 477 g/mol. The van der Waals surface area contributed by atoms with Crippen molar-refractivity contribution in [1.82, 2.24) is 4.90 Å². The highest BCUT2D eigenvalue weighted by atomic mass is 35.5. The van der Waals surface area contributed by atoms with Gasteiger partial charge < -0.3 is 14.4 Å². The Morgan fingerprint density at radius 1 is 0.969 bits per heavy atom. The van der Waals surface area contributed by atoms with E-state index in [9.17, 15) is 9.18 Å². The molecule has 0 aromatic heterocycles. The molecule has 0 aliphatic carbocycles. The summed E-state index contributed by atoms with van der Waals surface area (Å²) in [7, 11) is 3.01. The molecule has 0 fully saturated rings. The van der Waals surface area contributed by atoms with Crippen molar-refractivity contribution in [2.75, 3.05) is 20.8 Å². The van der Waals surface area contributed by atoms with Gasteiger partial charge in [-0.05, 0) is 53.9 Å². The average molecular weight is 478 g/mol. The molecule has 0 saturated heterocycles. The molecule has 0 spiro atoms. The van der Waals surface area contributed by atoms with Gasteiger partial charge in [0.05, 0.1) is 30.8 Å². The zero-order chi connectivity index (χ0) is 23.0. The largest absolute Gasteiger partial charge is 0.493 e. The lowest BCUT2D eigenvalue weighted by atomic mass is 9.86. The first kappa shape index (κ1) is 22.4. The zero-order valence-electron chi connectivity index (χ0n) is 17.3. The van der Waals surface area contributed by atoms with E-state index in [1.54, 1.807) is 18.2 Å². The van der Waals surface area contributed by atoms with Crippen LogP contribution in [0.3, 0.4) is 0 Å². The number of hydrogen-bond acceptors (Lipinski definition) is 3. The lowest BCUT2D eigenvalue weighted by molar-refractivity contribution is 0.0687. The highest BCUT2D eigenvalue weighted by Crippen LogP contribution is 2.44. The summed E-state index contributed by atoms with van der Waals surface area (Å²) >= 11 is 12.6. The number of ether oxygens (including phenoxy) is 2. The maximum atomic E-state index is 15.1. The Balaban J connectivity index is 1.95. The van der Waals surface area contributed by atoms with Gasteiger partial charge in [0.1, 0.15) is 11.6 Å². The summed E-state index contributed by atoms with van der Waals surface area (Å²) in [5.74, 6) is -1.05. The van der Waals surface area contributed by atoms with Crippen LogP contribution in [0, 0.1) is 11.6 Å². The van der Waals surface area contributed by atoms with E-state index in [-0.39, 0.29) is 27.7 Å². The van der Waals surface area contributed by atoms with Gasteiger partial charge in [-0.25, -0.2) is 8.78 Å². The second-order valence-corrected chi connectivity index (χ2v) is 8.10. The van der Waals surface area contributed by atoms with Gasteiger partial charge in [-0.15, -0.1) is 0 Å². The SMILES string of the molecule is COc1cc2c(cc1OC)[C@@H](c1c(F)cccc1Cl)N(C(=O)c1c(F)cccc1Cl)CC2. The molecule has 4 rings (SSSR count). The molecule has 32 heavy (non-hydrogen) atoms. The lowest BCUT2D eigenvalue weighted by Gasteiger charge is -2.38. The van der Waals surface area contributed by atoms with E-state index in [2.05, 4.69) is 0 Å². The number of nitrogens with zero attached hydrogens (tertiary/aromatic N) is 1. The molecule has 4 nitrogen and oxygen atoms in total. The number of methoxy groups -OCH3 is 2. The average Bonchev–Trinajstić information content (AvgIpc) is 2.77. The van der Waals surface area contributed by atoms with E-state index in [1.165, 1.54) is 43.4 Å². The summed E-state index contributed by atoms with van der Waals surface area (Å²) in [6.07, 6.45) is 0.441. The van der Waals surface area contributed by atoms with Crippen molar-refractivity contribution >= 4 is 29.1 Å². The normalized spacial score (nSPS) is 15.3. The molecule has 1 aliphatic rings. The number of rotatable bonds is 4. The van der Waals surface area contributed by atoms with Gasteiger partial charge in [0.15, 0.2) is 11.5 Å². The number of amides is 1. The van der Waals surface area contributed by atoms with Gasteiger partial charge in [-0.3, -0.25) is 4.79 Å². The van der Waals surface area contributed by atoms with Crippen LogP contribution in [0.1, 0.15) is 33.1 Å². The van der Waals surface area contributed by atoms with Crippen LogP contribution in [-0.2, 0) is 6.42 Å². The third-order valence-corrected chi connectivity index (χ3v) is 6.23. The molecule has 1 aliphatic heterocycles. The Kier molecular flexibility index (Phi) is 6.26. The van der Waals surface area contributed by atoms with Gasteiger partial charge >= 0.3 is 0 Å². The van der Waals surface area contributed by atoms with Crippen LogP contribution in [-0.4, -0.2) is 31.6 Å². The topological polar surface area (TPSA) is 38.8 Å². The first-order chi connectivity index (χ1) is 15.4. The molecule has 8 heteroatoms. The second-order valence-electron chi connectivity index (χ2n) is 7.29. The van der Waals surface area contributed by atoms with Crippen molar-refractivity contribution in [3.05, 3.63) is 92.5 Å². The maximum absolute atomic E-state index is 15.1. The predicted octanol–water partition coefficient (Wildman–Crippen LogP) is 6.08. The van der Waals surface area contributed by atoms with Crippen LogP contribution in [0.4, 0.5) is 8.78 Å². The van der Waals surface area contributed by atoms with Crippen molar-refractivity contribution < 1.29 is 23.0 Å². The maximum Gasteiger partial charge on any atom is 0.259 e. The smallest absolute Gasteiger partial charge is 0.259 e. The number of hydrogen-bond donors (Lipinski definition) is 0. The minimum Gasteiger partial charge on any atom is -0.493 e. The van der Waals surface area contributed by atoms with Crippen LogP contribution in [0.15, 0.2) is 48.5 Å². The predicted molar refractivity (Wildman–Crippen MR) is 119 cm³/mol. The van der Waals surface area contributed by atoms with E-state index < -0.39 is 23.6 Å². The third kappa shape index (κ3) is 3.78.